The van der Waals surface area contributed by atoms with Crippen molar-refractivity contribution in [3.63, 3.8) is 0 Å². The molecule has 0 rings (SSSR count). The van der Waals surface area contributed by atoms with Crippen LogP contribution < -0.4 is 16.0 Å². The molecule has 5 N–H and O–H groups in total. The second kappa shape index (κ2) is 9.58. The summed E-state index contributed by atoms with van der Waals surface area (Å²) in [6.45, 7) is 0.276. The van der Waals surface area contributed by atoms with Crippen LogP contribution in [0.5, 0.6) is 0 Å². The van der Waals surface area contributed by atoms with Gasteiger partial charge in [0.05, 0.1) is 6.54 Å². The van der Waals surface area contributed by atoms with Gasteiger partial charge in [0.1, 0.15) is 6.04 Å². The van der Waals surface area contributed by atoms with Gasteiger partial charge in [0, 0.05) is 6.54 Å². The number of carbonyl (C=O) groups excluding carboxylic acids is 1. The summed E-state index contributed by atoms with van der Waals surface area (Å²) in [7, 11) is 0. The Morgan fingerprint density at radius 3 is 2.32 bits per heavy atom. The van der Waals surface area contributed by atoms with Gasteiger partial charge in [0.15, 0.2) is 0 Å². The van der Waals surface area contributed by atoms with Crippen molar-refractivity contribution in [2.24, 2.45) is 0 Å². The number of rotatable bonds is 8. The molecule has 0 saturated heterocycles. The van der Waals surface area contributed by atoms with Crippen molar-refractivity contribution in [1.29, 1.82) is 0 Å². The number of hydrogen-bond acceptors (Lipinski definition) is 3. The zero-order valence-electron chi connectivity index (χ0n) is 10.3. The van der Waals surface area contributed by atoms with Crippen molar-refractivity contribution in [2.75, 3.05) is 13.1 Å². The summed E-state index contributed by atoms with van der Waals surface area (Å²) in [5, 5.41) is 23.6. The Hall–Kier alpha value is -2.43. The number of carboxylic acid groups (broad SMARTS) is 2. The van der Waals surface area contributed by atoms with Gasteiger partial charge in [-0.1, -0.05) is 5.92 Å². The molecule has 106 valence electrons. The quantitative estimate of drug-likeness (QED) is 0.309. The number of terminal acetylenes is 1. The molecule has 0 spiro atoms. The minimum atomic E-state index is -1.30. The van der Waals surface area contributed by atoms with Crippen LogP contribution in [0.25, 0.3) is 0 Å². The van der Waals surface area contributed by atoms with Gasteiger partial charge >= 0.3 is 12.2 Å². The van der Waals surface area contributed by atoms with Crippen LogP contribution in [0.4, 0.5) is 9.59 Å². The van der Waals surface area contributed by atoms with Crippen LogP contribution in [-0.2, 0) is 4.79 Å². The Bertz CT molecular complexity index is 364. The molecule has 0 unspecified atom stereocenters. The number of nitrogens with one attached hydrogen (secondary N) is 3. The SMILES string of the molecule is C#CCNC(=O)[C@H](CCCCNC(=O)O)NC(=O)O. The highest BCUT2D eigenvalue weighted by Crippen LogP contribution is 2.01. The topological polar surface area (TPSA) is 128 Å². The highest BCUT2D eigenvalue weighted by molar-refractivity contribution is 5.85. The average Bonchev–Trinajstić information content (AvgIpc) is 2.33. The highest BCUT2D eigenvalue weighted by Gasteiger charge is 2.19. The van der Waals surface area contributed by atoms with E-state index in [4.69, 9.17) is 16.6 Å². The minimum Gasteiger partial charge on any atom is -0.465 e. The molecule has 19 heavy (non-hydrogen) atoms. The maximum atomic E-state index is 11.6. The van der Waals surface area contributed by atoms with Crippen LogP contribution in [0.2, 0.25) is 0 Å². The standard InChI is InChI=1S/C11H17N3O5/c1-2-6-12-9(15)8(14-11(18)19)5-3-4-7-13-10(16)17/h1,8,13-14H,3-7H2,(H,12,15)(H,16,17)(H,18,19)/t8-/m0/s1. The third-order valence-electron chi connectivity index (χ3n) is 2.17. The second-order valence-corrected chi connectivity index (χ2v) is 3.65. The van der Waals surface area contributed by atoms with Gasteiger partial charge in [0.25, 0.3) is 0 Å². The fourth-order valence-corrected chi connectivity index (χ4v) is 1.35. The van der Waals surface area contributed by atoms with Gasteiger partial charge in [-0.2, -0.15) is 0 Å². The molecule has 0 heterocycles. The molecule has 0 aliphatic heterocycles. The van der Waals surface area contributed by atoms with Gasteiger partial charge in [-0.25, -0.2) is 9.59 Å². The summed E-state index contributed by atoms with van der Waals surface area (Å²) in [6, 6.07) is -0.893. The third-order valence-corrected chi connectivity index (χ3v) is 2.17. The molecule has 0 bridgehead atoms. The monoisotopic (exact) mass is 271 g/mol. The molecule has 0 aromatic heterocycles. The first kappa shape index (κ1) is 16.6. The van der Waals surface area contributed by atoms with E-state index in [0.717, 1.165) is 0 Å². The van der Waals surface area contributed by atoms with Gasteiger partial charge in [-0.05, 0) is 19.3 Å². The molecule has 3 amide bonds. The van der Waals surface area contributed by atoms with Crippen LogP contribution >= 0.6 is 0 Å². The lowest BCUT2D eigenvalue weighted by molar-refractivity contribution is -0.123. The summed E-state index contributed by atoms with van der Waals surface area (Å²) in [5.74, 6) is 1.72. The summed E-state index contributed by atoms with van der Waals surface area (Å²) >= 11 is 0. The van der Waals surface area contributed by atoms with Crippen molar-refractivity contribution < 1.29 is 24.6 Å². The van der Waals surface area contributed by atoms with Crippen LogP contribution in [0.15, 0.2) is 0 Å². The van der Waals surface area contributed by atoms with E-state index < -0.39 is 24.1 Å². The van der Waals surface area contributed by atoms with Crippen LogP contribution in [0.1, 0.15) is 19.3 Å². The summed E-state index contributed by atoms with van der Waals surface area (Å²) in [6.07, 6.45) is 3.83. The number of hydrogen-bond donors (Lipinski definition) is 5. The van der Waals surface area contributed by atoms with Crippen LogP contribution in [0, 0.1) is 12.3 Å². The molecule has 0 aliphatic carbocycles. The average molecular weight is 271 g/mol. The molecule has 0 fully saturated rings. The predicted octanol–water partition coefficient (Wildman–Crippen LogP) is -0.190. The molecular weight excluding hydrogens is 254 g/mol. The van der Waals surface area contributed by atoms with E-state index in [-0.39, 0.29) is 19.5 Å². The lowest BCUT2D eigenvalue weighted by Gasteiger charge is -2.15. The second-order valence-electron chi connectivity index (χ2n) is 3.65. The van der Waals surface area contributed by atoms with Crippen LogP contribution in [-0.4, -0.2) is 47.4 Å². The Morgan fingerprint density at radius 1 is 1.11 bits per heavy atom. The van der Waals surface area contributed by atoms with E-state index in [1.807, 2.05) is 0 Å². The normalized spacial score (nSPS) is 10.9. The lowest BCUT2D eigenvalue weighted by atomic mass is 10.1. The first-order valence-corrected chi connectivity index (χ1v) is 5.64. The fourth-order valence-electron chi connectivity index (χ4n) is 1.35. The third kappa shape index (κ3) is 9.29. The first-order valence-electron chi connectivity index (χ1n) is 5.64. The molecule has 1 atom stereocenters. The minimum absolute atomic E-state index is 0.0250. The van der Waals surface area contributed by atoms with Gasteiger partial charge in [-0.3, -0.25) is 4.79 Å². The molecule has 0 radical (unpaired) electrons. The molecular formula is C11H17N3O5. The number of carbonyl (C=O) groups is 3. The largest absolute Gasteiger partial charge is 0.465 e. The van der Waals surface area contributed by atoms with Gasteiger partial charge in [-0.15, -0.1) is 6.42 Å². The zero-order chi connectivity index (χ0) is 14.7. The molecule has 8 nitrogen and oxygen atoms in total. The van der Waals surface area contributed by atoms with Gasteiger partial charge < -0.3 is 26.2 Å². The Labute approximate surface area is 110 Å². The van der Waals surface area contributed by atoms with Crippen LogP contribution in [0.3, 0.4) is 0 Å². The Kier molecular flexibility index (Phi) is 8.36. The van der Waals surface area contributed by atoms with E-state index >= 15 is 0 Å². The maximum Gasteiger partial charge on any atom is 0.405 e. The first-order chi connectivity index (χ1) is 8.97. The molecule has 0 aromatic rings. The Morgan fingerprint density at radius 2 is 1.79 bits per heavy atom. The molecule has 0 aromatic carbocycles. The van der Waals surface area contributed by atoms with E-state index in [9.17, 15) is 14.4 Å². The van der Waals surface area contributed by atoms with Crippen molar-refractivity contribution in [3.8, 4) is 12.3 Å². The van der Waals surface area contributed by atoms with E-state index in [1.54, 1.807) is 0 Å². The smallest absolute Gasteiger partial charge is 0.405 e. The molecule has 8 heteroatoms. The van der Waals surface area contributed by atoms with Gasteiger partial charge in [0.2, 0.25) is 5.91 Å². The summed E-state index contributed by atoms with van der Waals surface area (Å²) in [4.78, 5) is 32.3. The molecule has 0 saturated carbocycles. The van der Waals surface area contributed by atoms with Crippen molar-refractivity contribution in [1.82, 2.24) is 16.0 Å². The maximum absolute atomic E-state index is 11.6. The van der Waals surface area contributed by atoms with Crippen molar-refractivity contribution in [3.05, 3.63) is 0 Å². The summed E-state index contributed by atoms with van der Waals surface area (Å²) < 4.78 is 0. The fraction of sp³-hybridized carbons (Fsp3) is 0.545. The van der Waals surface area contributed by atoms with Crippen molar-refractivity contribution >= 4 is 18.1 Å². The molecule has 0 aliphatic rings. The highest BCUT2D eigenvalue weighted by atomic mass is 16.4. The van der Waals surface area contributed by atoms with E-state index in [0.29, 0.717) is 12.8 Å². The lowest BCUT2D eigenvalue weighted by Crippen LogP contribution is -2.46. The number of amides is 3. The van der Waals surface area contributed by atoms with E-state index in [2.05, 4.69) is 21.9 Å². The van der Waals surface area contributed by atoms with Crippen molar-refractivity contribution in [2.45, 2.75) is 25.3 Å². The predicted molar refractivity (Wildman–Crippen MR) is 66.7 cm³/mol. The zero-order valence-corrected chi connectivity index (χ0v) is 10.3. The summed E-state index contributed by atoms with van der Waals surface area (Å²) in [5.41, 5.74) is 0. The Balaban J connectivity index is 4.06. The number of unbranched alkanes of at least 4 members (excludes halogenated alkanes) is 1. The van der Waals surface area contributed by atoms with E-state index in [1.165, 1.54) is 0 Å².